The Balaban J connectivity index is 2.94. The van der Waals surface area contributed by atoms with Gasteiger partial charge in [0.2, 0.25) is 10.0 Å². The first kappa shape index (κ1) is 15.7. The highest BCUT2D eigenvalue weighted by atomic mass is 32.2. The fourth-order valence-electron chi connectivity index (χ4n) is 1.47. The molecule has 1 unspecified atom stereocenters. The second-order valence-corrected chi connectivity index (χ2v) is 5.94. The summed E-state index contributed by atoms with van der Waals surface area (Å²) in [6, 6.07) is 4.58. The van der Waals surface area contributed by atoms with Crippen LogP contribution in [-0.2, 0) is 14.8 Å². The molecule has 0 bridgehead atoms. The Bertz CT molecular complexity index is 517. The fourth-order valence-corrected chi connectivity index (χ4v) is 2.53. The summed E-state index contributed by atoms with van der Waals surface area (Å²) in [5, 5.41) is 3.08. The van der Waals surface area contributed by atoms with E-state index in [1.54, 1.807) is 20.1 Å². The van der Waals surface area contributed by atoms with E-state index in [-0.39, 0.29) is 11.0 Å². The number of hydrogen-bond donors (Lipinski definition) is 3. The first-order valence-corrected chi connectivity index (χ1v) is 7.55. The SMILES string of the molecule is CCNS(=O)(=O)c1ccc(N)c(NCC(C)OC)c1. The monoisotopic (exact) mass is 287 g/mol. The lowest BCUT2D eigenvalue weighted by Crippen LogP contribution is -2.23. The van der Waals surface area contributed by atoms with Crippen LogP contribution in [0.15, 0.2) is 23.1 Å². The molecule has 0 saturated carbocycles. The van der Waals surface area contributed by atoms with Crippen molar-refractivity contribution in [1.82, 2.24) is 4.72 Å². The zero-order valence-electron chi connectivity index (χ0n) is 11.4. The molecule has 6 nitrogen and oxygen atoms in total. The number of hydrogen-bond acceptors (Lipinski definition) is 5. The van der Waals surface area contributed by atoms with Gasteiger partial charge >= 0.3 is 0 Å². The number of nitrogens with two attached hydrogens (primary N) is 1. The van der Waals surface area contributed by atoms with Gasteiger partial charge in [0.25, 0.3) is 0 Å². The molecule has 0 spiro atoms. The number of benzene rings is 1. The highest BCUT2D eigenvalue weighted by Gasteiger charge is 2.14. The van der Waals surface area contributed by atoms with Crippen LogP contribution in [0.3, 0.4) is 0 Å². The molecule has 0 heterocycles. The molecule has 19 heavy (non-hydrogen) atoms. The van der Waals surface area contributed by atoms with Crippen molar-refractivity contribution in [2.45, 2.75) is 24.8 Å². The highest BCUT2D eigenvalue weighted by Crippen LogP contribution is 2.22. The van der Waals surface area contributed by atoms with Crippen LogP contribution < -0.4 is 15.8 Å². The van der Waals surface area contributed by atoms with E-state index in [4.69, 9.17) is 10.5 Å². The third-order valence-corrected chi connectivity index (χ3v) is 4.20. The normalized spacial score (nSPS) is 13.2. The van der Waals surface area contributed by atoms with Crippen LogP contribution in [0.1, 0.15) is 13.8 Å². The van der Waals surface area contributed by atoms with Gasteiger partial charge in [0.15, 0.2) is 0 Å². The zero-order chi connectivity index (χ0) is 14.5. The Hall–Kier alpha value is -1.31. The van der Waals surface area contributed by atoms with Gasteiger partial charge in [0, 0.05) is 20.2 Å². The van der Waals surface area contributed by atoms with Crippen LogP contribution in [0.2, 0.25) is 0 Å². The number of methoxy groups -OCH3 is 1. The summed E-state index contributed by atoms with van der Waals surface area (Å²) >= 11 is 0. The molecule has 0 saturated heterocycles. The summed E-state index contributed by atoms with van der Waals surface area (Å²) in [5.74, 6) is 0. The molecule has 7 heteroatoms. The topological polar surface area (TPSA) is 93.5 Å². The van der Waals surface area contributed by atoms with E-state index in [1.165, 1.54) is 12.1 Å². The van der Waals surface area contributed by atoms with Gasteiger partial charge < -0.3 is 15.8 Å². The zero-order valence-corrected chi connectivity index (χ0v) is 12.3. The minimum absolute atomic E-state index is 0.00781. The molecule has 0 radical (unpaired) electrons. The summed E-state index contributed by atoms with van der Waals surface area (Å²) in [6.45, 7) is 4.53. The van der Waals surface area contributed by atoms with Gasteiger partial charge in [0.05, 0.1) is 22.4 Å². The van der Waals surface area contributed by atoms with Crippen molar-refractivity contribution in [3.8, 4) is 0 Å². The van der Waals surface area contributed by atoms with Crippen molar-refractivity contribution in [1.29, 1.82) is 0 Å². The van der Waals surface area contributed by atoms with E-state index in [2.05, 4.69) is 10.0 Å². The van der Waals surface area contributed by atoms with Crippen LogP contribution >= 0.6 is 0 Å². The van der Waals surface area contributed by atoms with E-state index < -0.39 is 10.0 Å². The Kier molecular flexibility index (Phi) is 5.59. The van der Waals surface area contributed by atoms with Crippen molar-refractivity contribution >= 4 is 21.4 Å². The highest BCUT2D eigenvalue weighted by molar-refractivity contribution is 7.89. The molecule has 0 aliphatic carbocycles. The molecule has 0 aliphatic heterocycles. The predicted octanol–water partition coefficient (Wildman–Crippen LogP) is 1.01. The Morgan fingerprint density at radius 1 is 1.42 bits per heavy atom. The van der Waals surface area contributed by atoms with Crippen molar-refractivity contribution < 1.29 is 13.2 Å². The van der Waals surface area contributed by atoms with Crippen molar-refractivity contribution in [2.75, 3.05) is 31.2 Å². The average Bonchev–Trinajstić information content (AvgIpc) is 2.37. The van der Waals surface area contributed by atoms with E-state index >= 15 is 0 Å². The smallest absolute Gasteiger partial charge is 0.240 e. The lowest BCUT2D eigenvalue weighted by Gasteiger charge is -2.14. The minimum atomic E-state index is -3.47. The largest absolute Gasteiger partial charge is 0.397 e. The predicted molar refractivity (Wildman–Crippen MR) is 76.7 cm³/mol. The Morgan fingerprint density at radius 3 is 2.68 bits per heavy atom. The number of nitrogens with one attached hydrogen (secondary N) is 2. The van der Waals surface area contributed by atoms with Gasteiger partial charge in [0.1, 0.15) is 0 Å². The summed E-state index contributed by atoms with van der Waals surface area (Å²) < 4.78 is 31.3. The lowest BCUT2D eigenvalue weighted by molar-refractivity contribution is 0.129. The Morgan fingerprint density at radius 2 is 2.11 bits per heavy atom. The molecule has 0 amide bonds. The van der Waals surface area contributed by atoms with Crippen LogP contribution in [0, 0.1) is 0 Å². The second kappa shape index (κ2) is 6.74. The van der Waals surface area contributed by atoms with Crippen LogP contribution in [-0.4, -0.2) is 34.7 Å². The molecule has 1 aromatic carbocycles. The molecule has 0 fully saturated rings. The van der Waals surface area contributed by atoms with Gasteiger partial charge in [-0.2, -0.15) is 0 Å². The third kappa shape index (κ3) is 4.38. The summed E-state index contributed by atoms with van der Waals surface area (Å²) in [7, 11) is -1.86. The van der Waals surface area contributed by atoms with Gasteiger partial charge in [-0.05, 0) is 25.1 Å². The number of anilines is 2. The maximum atomic E-state index is 11.9. The van der Waals surface area contributed by atoms with E-state index in [0.717, 1.165) is 0 Å². The lowest BCUT2D eigenvalue weighted by atomic mass is 10.2. The minimum Gasteiger partial charge on any atom is -0.397 e. The molecular formula is C12H21N3O3S. The first-order chi connectivity index (χ1) is 8.90. The third-order valence-electron chi connectivity index (χ3n) is 2.65. The van der Waals surface area contributed by atoms with Gasteiger partial charge in [-0.3, -0.25) is 0 Å². The van der Waals surface area contributed by atoms with Crippen molar-refractivity contribution in [3.63, 3.8) is 0 Å². The van der Waals surface area contributed by atoms with Crippen LogP contribution in [0.4, 0.5) is 11.4 Å². The van der Waals surface area contributed by atoms with Gasteiger partial charge in [-0.1, -0.05) is 6.92 Å². The quantitative estimate of drug-likeness (QED) is 0.651. The van der Waals surface area contributed by atoms with E-state index in [1.807, 2.05) is 6.92 Å². The molecule has 0 aliphatic rings. The second-order valence-electron chi connectivity index (χ2n) is 4.18. The molecule has 1 atom stereocenters. The van der Waals surface area contributed by atoms with E-state index in [0.29, 0.717) is 24.5 Å². The average molecular weight is 287 g/mol. The van der Waals surface area contributed by atoms with Crippen molar-refractivity contribution in [2.24, 2.45) is 0 Å². The number of rotatable bonds is 7. The molecule has 108 valence electrons. The summed E-state index contributed by atoms with van der Waals surface area (Å²) in [5.41, 5.74) is 6.90. The number of ether oxygens (including phenoxy) is 1. The standard InChI is InChI=1S/C12H21N3O3S/c1-4-15-19(16,17)10-5-6-11(13)12(7-10)14-8-9(2)18-3/h5-7,9,14-15H,4,8,13H2,1-3H3. The first-order valence-electron chi connectivity index (χ1n) is 6.06. The molecular weight excluding hydrogens is 266 g/mol. The van der Waals surface area contributed by atoms with Crippen LogP contribution in [0.25, 0.3) is 0 Å². The summed E-state index contributed by atoms with van der Waals surface area (Å²) in [6.07, 6.45) is 0.00781. The number of nitrogen functional groups attached to an aromatic ring is 1. The summed E-state index contributed by atoms with van der Waals surface area (Å²) in [4.78, 5) is 0.191. The van der Waals surface area contributed by atoms with E-state index in [9.17, 15) is 8.42 Å². The maximum Gasteiger partial charge on any atom is 0.240 e. The molecule has 0 aromatic heterocycles. The number of sulfonamides is 1. The Labute approximate surface area is 114 Å². The van der Waals surface area contributed by atoms with Crippen LogP contribution in [0.5, 0.6) is 0 Å². The molecule has 4 N–H and O–H groups in total. The van der Waals surface area contributed by atoms with Gasteiger partial charge in [-0.25, -0.2) is 13.1 Å². The molecule has 1 aromatic rings. The molecule has 1 rings (SSSR count). The van der Waals surface area contributed by atoms with Gasteiger partial charge in [-0.15, -0.1) is 0 Å². The maximum absolute atomic E-state index is 11.9. The fraction of sp³-hybridized carbons (Fsp3) is 0.500. The van der Waals surface area contributed by atoms with Crippen molar-refractivity contribution in [3.05, 3.63) is 18.2 Å².